The Bertz CT molecular complexity index is 529. The van der Waals surface area contributed by atoms with E-state index in [-0.39, 0.29) is 0 Å². The number of nitrogens with zero attached hydrogens (tertiary/aromatic N) is 3. The maximum Gasteiger partial charge on any atom is 0.231 e. The molecule has 1 saturated carbocycles. The van der Waals surface area contributed by atoms with Crippen molar-refractivity contribution in [3.63, 3.8) is 0 Å². The van der Waals surface area contributed by atoms with Crippen LogP contribution in [-0.4, -0.2) is 33.7 Å². The minimum atomic E-state index is 0.538. The van der Waals surface area contributed by atoms with Crippen LogP contribution in [0, 0.1) is 6.92 Å². The topological polar surface area (TPSA) is 53.1 Å². The van der Waals surface area contributed by atoms with Gasteiger partial charge in [-0.25, -0.2) is 4.98 Å². The van der Waals surface area contributed by atoms with Crippen molar-refractivity contribution in [2.24, 2.45) is 0 Å². The Labute approximate surface area is 131 Å². The largest absolute Gasteiger partial charge is 0.360 e. The summed E-state index contributed by atoms with van der Waals surface area (Å²) in [5.41, 5.74) is 0.967. The van der Waals surface area contributed by atoms with Crippen molar-refractivity contribution in [2.75, 3.05) is 16.8 Å². The molecule has 2 heterocycles. The standard InChI is InChI=1S/C15H23N5S/c1-10-9-13(20-8-4-3-5-11(20)2)18-14(16-10)19-15(21)17-12-6-7-12/h9,11-12H,3-8H2,1-2H3,(H2,16,17,18,19,21)/t11-/m0/s1. The number of hydrogen-bond donors (Lipinski definition) is 2. The van der Waals surface area contributed by atoms with Gasteiger partial charge in [0.2, 0.25) is 5.95 Å². The fraction of sp³-hybridized carbons (Fsp3) is 0.667. The minimum Gasteiger partial charge on any atom is -0.360 e. The first-order chi connectivity index (χ1) is 10.1. The fourth-order valence-corrected chi connectivity index (χ4v) is 3.00. The van der Waals surface area contributed by atoms with Crippen LogP contribution in [0.2, 0.25) is 0 Å². The van der Waals surface area contributed by atoms with Crippen LogP contribution in [0.3, 0.4) is 0 Å². The number of thiocarbonyl (C=S) groups is 1. The number of aryl methyl sites for hydroxylation is 1. The number of piperidine rings is 1. The molecule has 1 atom stereocenters. The molecule has 5 nitrogen and oxygen atoms in total. The van der Waals surface area contributed by atoms with E-state index in [0.29, 0.717) is 23.1 Å². The molecule has 1 aliphatic heterocycles. The number of aromatic nitrogens is 2. The highest BCUT2D eigenvalue weighted by Gasteiger charge is 2.23. The third-order valence-electron chi connectivity index (χ3n) is 4.08. The smallest absolute Gasteiger partial charge is 0.231 e. The molecular formula is C15H23N5S. The Kier molecular flexibility index (Phi) is 4.24. The molecule has 0 bridgehead atoms. The van der Waals surface area contributed by atoms with Crippen LogP contribution in [0.25, 0.3) is 0 Å². The van der Waals surface area contributed by atoms with Crippen LogP contribution in [0.4, 0.5) is 11.8 Å². The third-order valence-corrected chi connectivity index (χ3v) is 4.30. The van der Waals surface area contributed by atoms with Crippen LogP contribution in [0.15, 0.2) is 6.07 Å². The second-order valence-corrected chi connectivity index (χ2v) is 6.51. The van der Waals surface area contributed by atoms with Gasteiger partial charge in [0.15, 0.2) is 5.11 Å². The summed E-state index contributed by atoms with van der Waals surface area (Å²) in [5.74, 6) is 1.60. The molecular weight excluding hydrogens is 282 g/mol. The van der Waals surface area contributed by atoms with Crippen molar-refractivity contribution < 1.29 is 0 Å². The first-order valence-electron chi connectivity index (χ1n) is 7.81. The van der Waals surface area contributed by atoms with Crippen LogP contribution >= 0.6 is 12.2 Å². The summed E-state index contributed by atoms with van der Waals surface area (Å²) in [6, 6.07) is 3.14. The zero-order chi connectivity index (χ0) is 14.8. The van der Waals surface area contributed by atoms with E-state index in [0.717, 1.165) is 18.1 Å². The van der Waals surface area contributed by atoms with Gasteiger partial charge >= 0.3 is 0 Å². The summed E-state index contributed by atoms with van der Waals surface area (Å²) in [4.78, 5) is 11.5. The van der Waals surface area contributed by atoms with Gasteiger partial charge in [0.25, 0.3) is 0 Å². The quantitative estimate of drug-likeness (QED) is 0.837. The minimum absolute atomic E-state index is 0.538. The molecule has 3 rings (SSSR count). The monoisotopic (exact) mass is 305 g/mol. The molecule has 0 spiro atoms. The number of rotatable bonds is 3. The molecule has 1 aromatic heterocycles. The van der Waals surface area contributed by atoms with E-state index in [1.807, 2.05) is 6.92 Å². The molecule has 6 heteroatoms. The Morgan fingerprint density at radius 2 is 2.10 bits per heavy atom. The maximum absolute atomic E-state index is 5.30. The molecule has 0 unspecified atom stereocenters. The Balaban J connectivity index is 1.73. The lowest BCUT2D eigenvalue weighted by Crippen LogP contribution is -2.38. The van der Waals surface area contributed by atoms with E-state index in [9.17, 15) is 0 Å². The Morgan fingerprint density at radius 3 is 2.81 bits per heavy atom. The van der Waals surface area contributed by atoms with Crippen molar-refractivity contribution >= 4 is 29.1 Å². The number of hydrogen-bond acceptors (Lipinski definition) is 4. The van der Waals surface area contributed by atoms with Gasteiger partial charge in [-0.3, -0.25) is 0 Å². The average Bonchev–Trinajstić information content (AvgIpc) is 3.22. The van der Waals surface area contributed by atoms with E-state index < -0.39 is 0 Å². The van der Waals surface area contributed by atoms with Crippen molar-refractivity contribution in [2.45, 2.75) is 58.0 Å². The molecule has 0 aromatic carbocycles. The van der Waals surface area contributed by atoms with Gasteiger partial charge in [-0.1, -0.05) is 0 Å². The van der Waals surface area contributed by atoms with Gasteiger partial charge in [-0.2, -0.15) is 4.98 Å². The van der Waals surface area contributed by atoms with Gasteiger partial charge in [0.05, 0.1) is 0 Å². The zero-order valence-corrected chi connectivity index (χ0v) is 13.5. The lowest BCUT2D eigenvalue weighted by atomic mass is 10.0. The molecule has 2 fully saturated rings. The first kappa shape index (κ1) is 14.5. The normalized spacial score (nSPS) is 22.0. The van der Waals surface area contributed by atoms with Crippen molar-refractivity contribution in [3.05, 3.63) is 11.8 Å². The van der Waals surface area contributed by atoms with Crippen LogP contribution in [0.5, 0.6) is 0 Å². The predicted molar refractivity (Wildman–Crippen MR) is 89.8 cm³/mol. The Morgan fingerprint density at radius 1 is 1.29 bits per heavy atom. The molecule has 0 radical (unpaired) electrons. The molecule has 1 saturated heterocycles. The van der Waals surface area contributed by atoms with Gasteiger partial charge < -0.3 is 15.5 Å². The molecule has 2 aliphatic rings. The Hall–Kier alpha value is -1.43. The van der Waals surface area contributed by atoms with Crippen molar-refractivity contribution in [1.82, 2.24) is 15.3 Å². The van der Waals surface area contributed by atoms with E-state index in [2.05, 4.69) is 38.5 Å². The summed E-state index contributed by atoms with van der Waals surface area (Å²) in [6.45, 7) is 5.34. The van der Waals surface area contributed by atoms with E-state index in [4.69, 9.17) is 12.2 Å². The van der Waals surface area contributed by atoms with E-state index >= 15 is 0 Å². The average molecular weight is 305 g/mol. The first-order valence-corrected chi connectivity index (χ1v) is 8.22. The van der Waals surface area contributed by atoms with Crippen molar-refractivity contribution in [3.8, 4) is 0 Å². The molecule has 1 aliphatic carbocycles. The lowest BCUT2D eigenvalue weighted by molar-refractivity contribution is 0.481. The zero-order valence-electron chi connectivity index (χ0n) is 12.7. The highest BCUT2D eigenvalue weighted by Crippen LogP contribution is 2.24. The molecule has 2 N–H and O–H groups in total. The second-order valence-electron chi connectivity index (χ2n) is 6.10. The maximum atomic E-state index is 5.30. The highest BCUT2D eigenvalue weighted by atomic mass is 32.1. The number of anilines is 2. The van der Waals surface area contributed by atoms with Crippen LogP contribution < -0.4 is 15.5 Å². The van der Waals surface area contributed by atoms with Crippen molar-refractivity contribution in [1.29, 1.82) is 0 Å². The third kappa shape index (κ3) is 3.81. The van der Waals surface area contributed by atoms with E-state index in [1.54, 1.807) is 0 Å². The van der Waals surface area contributed by atoms with Gasteiger partial charge in [0, 0.05) is 30.4 Å². The summed E-state index contributed by atoms with van der Waals surface area (Å²) >= 11 is 5.30. The molecule has 0 amide bonds. The predicted octanol–water partition coefficient (Wildman–Crippen LogP) is 2.61. The fourth-order valence-electron chi connectivity index (χ4n) is 2.74. The summed E-state index contributed by atoms with van der Waals surface area (Å²) in [7, 11) is 0. The van der Waals surface area contributed by atoms with Crippen LogP contribution in [0.1, 0.15) is 44.7 Å². The SMILES string of the molecule is Cc1cc(N2CCCC[C@@H]2C)nc(NC(=S)NC2CC2)n1. The molecule has 21 heavy (non-hydrogen) atoms. The number of nitrogens with one attached hydrogen (secondary N) is 2. The van der Waals surface area contributed by atoms with Gasteiger partial charge in [-0.15, -0.1) is 0 Å². The highest BCUT2D eigenvalue weighted by molar-refractivity contribution is 7.80. The summed E-state index contributed by atoms with van der Waals surface area (Å²) < 4.78 is 0. The molecule has 1 aromatic rings. The van der Waals surface area contributed by atoms with Gasteiger partial charge in [-0.05, 0) is 58.2 Å². The summed E-state index contributed by atoms with van der Waals surface area (Å²) in [5, 5.41) is 7.00. The van der Waals surface area contributed by atoms with Crippen LogP contribution in [-0.2, 0) is 0 Å². The molecule has 114 valence electrons. The lowest BCUT2D eigenvalue weighted by Gasteiger charge is -2.34. The van der Waals surface area contributed by atoms with E-state index in [1.165, 1.54) is 32.1 Å². The van der Waals surface area contributed by atoms with Gasteiger partial charge in [0.1, 0.15) is 5.82 Å². The summed E-state index contributed by atoms with van der Waals surface area (Å²) in [6.07, 6.45) is 6.17. The second kappa shape index (κ2) is 6.13.